The summed E-state index contributed by atoms with van der Waals surface area (Å²) in [5.74, 6) is 2.35. The fourth-order valence-corrected chi connectivity index (χ4v) is 3.04. The van der Waals surface area contributed by atoms with Crippen molar-refractivity contribution in [3.63, 3.8) is 0 Å². The number of hydrogen-bond donors (Lipinski definition) is 0. The van der Waals surface area contributed by atoms with Crippen molar-refractivity contribution < 1.29 is 0 Å². The molecule has 1 fully saturated rings. The molecule has 2 nitrogen and oxygen atoms in total. The van der Waals surface area contributed by atoms with Crippen LogP contribution < -0.4 is 0 Å². The van der Waals surface area contributed by atoms with Gasteiger partial charge in [-0.15, -0.1) is 0 Å². The van der Waals surface area contributed by atoms with Crippen molar-refractivity contribution >= 4 is 11.6 Å². The average molecular weight is 253 g/mol. The molecule has 0 spiro atoms. The van der Waals surface area contributed by atoms with Crippen molar-refractivity contribution in [2.24, 2.45) is 5.92 Å². The van der Waals surface area contributed by atoms with E-state index in [9.17, 15) is 0 Å². The third-order valence-corrected chi connectivity index (χ3v) is 4.23. The van der Waals surface area contributed by atoms with E-state index in [1.54, 1.807) is 0 Å². The predicted molar refractivity (Wildman–Crippen MR) is 71.5 cm³/mol. The van der Waals surface area contributed by atoms with Crippen LogP contribution in [0, 0.1) is 12.8 Å². The van der Waals surface area contributed by atoms with E-state index in [2.05, 4.69) is 23.8 Å². The summed E-state index contributed by atoms with van der Waals surface area (Å²) in [6, 6.07) is 0. The van der Waals surface area contributed by atoms with Crippen LogP contribution in [0.4, 0.5) is 0 Å². The Kier molecular flexibility index (Phi) is 4.03. The molecule has 0 N–H and O–H groups in total. The van der Waals surface area contributed by atoms with Crippen molar-refractivity contribution in [1.29, 1.82) is 0 Å². The van der Waals surface area contributed by atoms with Crippen LogP contribution in [0.2, 0.25) is 5.15 Å². The third kappa shape index (κ3) is 2.79. The first-order valence-corrected chi connectivity index (χ1v) is 7.02. The molecule has 1 heterocycles. The minimum atomic E-state index is 0.522. The van der Waals surface area contributed by atoms with Gasteiger partial charge in [-0.2, -0.15) is 0 Å². The molecule has 0 unspecified atom stereocenters. The van der Waals surface area contributed by atoms with Gasteiger partial charge in [0.05, 0.1) is 0 Å². The van der Waals surface area contributed by atoms with Crippen molar-refractivity contribution in [2.75, 3.05) is 0 Å². The molecular weight excluding hydrogens is 232 g/mol. The summed E-state index contributed by atoms with van der Waals surface area (Å²) in [5, 5.41) is 0.661. The van der Waals surface area contributed by atoms with E-state index in [1.807, 2.05) is 6.92 Å². The van der Waals surface area contributed by atoms with Crippen molar-refractivity contribution in [3.05, 3.63) is 22.2 Å². The fourth-order valence-electron chi connectivity index (χ4n) is 2.68. The largest absolute Gasteiger partial charge is 0.238 e. The van der Waals surface area contributed by atoms with Crippen molar-refractivity contribution in [3.8, 4) is 0 Å². The minimum absolute atomic E-state index is 0.522. The van der Waals surface area contributed by atoms with E-state index < -0.39 is 0 Å². The van der Waals surface area contributed by atoms with E-state index in [0.717, 1.165) is 29.4 Å². The SMILES string of the molecule is CCc1c(C)nc(C2CCC(C)CC2)nc1Cl. The Hall–Kier alpha value is -0.630. The molecule has 0 aromatic carbocycles. The average Bonchev–Trinajstić information content (AvgIpc) is 2.29. The molecular formula is C14H21ClN2. The molecule has 1 aromatic heterocycles. The molecule has 0 radical (unpaired) electrons. The summed E-state index contributed by atoms with van der Waals surface area (Å²) >= 11 is 6.23. The zero-order chi connectivity index (χ0) is 12.4. The Morgan fingerprint density at radius 3 is 2.35 bits per heavy atom. The summed E-state index contributed by atoms with van der Waals surface area (Å²) < 4.78 is 0. The number of aryl methyl sites for hydroxylation is 1. The molecule has 1 saturated carbocycles. The van der Waals surface area contributed by atoms with Crippen LogP contribution in [0.5, 0.6) is 0 Å². The molecule has 0 saturated heterocycles. The third-order valence-electron chi connectivity index (χ3n) is 3.92. The summed E-state index contributed by atoms with van der Waals surface area (Å²) in [7, 11) is 0. The molecule has 17 heavy (non-hydrogen) atoms. The Balaban J connectivity index is 2.22. The minimum Gasteiger partial charge on any atom is -0.238 e. The van der Waals surface area contributed by atoms with Gasteiger partial charge in [-0.25, -0.2) is 9.97 Å². The van der Waals surface area contributed by atoms with Gasteiger partial charge < -0.3 is 0 Å². The normalized spacial score (nSPS) is 24.9. The summed E-state index contributed by atoms with van der Waals surface area (Å²) in [4.78, 5) is 9.17. The summed E-state index contributed by atoms with van der Waals surface area (Å²) in [5.41, 5.74) is 2.15. The standard InChI is InChI=1S/C14H21ClN2/c1-4-12-10(3)16-14(17-13(12)15)11-7-5-9(2)6-8-11/h9,11H,4-8H2,1-3H3. The number of hydrogen-bond acceptors (Lipinski definition) is 2. The summed E-state index contributed by atoms with van der Waals surface area (Å²) in [6.07, 6.45) is 5.91. The van der Waals surface area contributed by atoms with E-state index in [-0.39, 0.29) is 0 Å². The highest BCUT2D eigenvalue weighted by Crippen LogP contribution is 2.34. The monoisotopic (exact) mass is 252 g/mol. The highest BCUT2D eigenvalue weighted by molar-refractivity contribution is 6.30. The van der Waals surface area contributed by atoms with Crippen LogP contribution in [0.1, 0.15) is 62.5 Å². The number of halogens is 1. The van der Waals surface area contributed by atoms with Crippen LogP contribution in [0.15, 0.2) is 0 Å². The first kappa shape index (κ1) is 12.8. The molecule has 1 aliphatic carbocycles. The second-order valence-corrected chi connectivity index (χ2v) is 5.60. The lowest BCUT2D eigenvalue weighted by molar-refractivity contribution is 0.339. The van der Waals surface area contributed by atoms with Gasteiger partial charge in [-0.05, 0) is 32.1 Å². The molecule has 0 aliphatic heterocycles. The number of rotatable bonds is 2. The maximum atomic E-state index is 6.23. The van der Waals surface area contributed by atoms with E-state index in [4.69, 9.17) is 11.6 Å². The van der Waals surface area contributed by atoms with Gasteiger partial charge in [0.25, 0.3) is 0 Å². The first-order chi connectivity index (χ1) is 8.11. The maximum absolute atomic E-state index is 6.23. The second kappa shape index (κ2) is 5.34. The van der Waals surface area contributed by atoms with Crippen LogP contribution in [0.3, 0.4) is 0 Å². The van der Waals surface area contributed by atoms with Gasteiger partial charge in [0.2, 0.25) is 0 Å². The van der Waals surface area contributed by atoms with Crippen molar-refractivity contribution in [2.45, 2.75) is 58.8 Å². The Morgan fingerprint density at radius 1 is 1.18 bits per heavy atom. The van der Waals surface area contributed by atoms with Crippen LogP contribution in [-0.4, -0.2) is 9.97 Å². The summed E-state index contributed by atoms with van der Waals surface area (Å²) in [6.45, 7) is 6.47. The van der Waals surface area contributed by atoms with E-state index >= 15 is 0 Å². The molecule has 0 bridgehead atoms. The molecule has 3 heteroatoms. The lowest BCUT2D eigenvalue weighted by Crippen LogP contribution is -2.14. The van der Waals surface area contributed by atoms with Gasteiger partial charge >= 0.3 is 0 Å². The lowest BCUT2D eigenvalue weighted by Gasteiger charge is -2.25. The lowest BCUT2D eigenvalue weighted by atomic mass is 9.82. The topological polar surface area (TPSA) is 25.8 Å². The van der Waals surface area contributed by atoms with Crippen LogP contribution in [-0.2, 0) is 6.42 Å². The zero-order valence-corrected chi connectivity index (χ0v) is 11.7. The highest BCUT2D eigenvalue weighted by Gasteiger charge is 2.23. The number of nitrogens with zero attached hydrogens (tertiary/aromatic N) is 2. The Bertz CT molecular complexity index is 372. The smallest absolute Gasteiger partial charge is 0.136 e. The van der Waals surface area contributed by atoms with E-state index in [0.29, 0.717) is 11.1 Å². The highest BCUT2D eigenvalue weighted by atomic mass is 35.5. The zero-order valence-electron chi connectivity index (χ0n) is 11.0. The van der Waals surface area contributed by atoms with Crippen LogP contribution >= 0.6 is 11.6 Å². The van der Waals surface area contributed by atoms with Gasteiger partial charge in [0, 0.05) is 17.2 Å². The quantitative estimate of drug-likeness (QED) is 0.734. The van der Waals surface area contributed by atoms with Gasteiger partial charge in [0.15, 0.2) is 0 Å². The molecule has 94 valence electrons. The van der Waals surface area contributed by atoms with E-state index in [1.165, 1.54) is 25.7 Å². The second-order valence-electron chi connectivity index (χ2n) is 5.25. The first-order valence-electron chi connectivity index (χ1n) is 6.64. The fraction of sp³-hybridized carbons (Fsp3) is 0.714. The van der Waals surface area contributed by atoms with Gasteiger partial charge in [-0.3, -0.25) is 0 Å². The van der Waals surface area contributed by atoms with Crippen molar-refractivity contribution in [1.82, 2.24) is 9.97 Å². The molecule has 0 atom stereocenters. The van der Waals surface area contributed by atoms with Gasteiger partial charge in [-0.1, -0.05) is 38.3 Å². The maximum Gasteiger partial charge on any atom is 0.136 e. The van der Waals surface area contributed by atoms with Crippen LogP contribution in [0.25, 0.3) is 0 Å². The Labute approximate surface area is 109 Å². The Morgan fingerprint density at radius 2 is 1.82 bits per heavy atom. The number of aromatic nitrogens is 2. The molecule has 1 aliphatic rings. The molecule has 0 amide bonds. The molecule has 1 aromatic rings. The molecule has 2 rings (SSSR count). The van der Waals surface area contributed by atoms with Gasteiger partial charge in [0.1, 0.15) is 11.0 Å². The predicted octanol–water partition coefficient (Wildman–Crippen LogP) is 4.29.